The van der Waals surface area contributed by atoms with Crippen molar-refractivity contribution in [2.45, 2.75) is 84.1 Å². The van der Waals surface area contributed by atoms with Crippen LogP contribution in [0, 0.1) is 5.92 Å². The molecule has 0 saturated heterocycles. The molecule has 1 aromatic carbocycles. The molecule has 0 bridgehead atoms. The smallest absolute Gasteiger partial charge is 0.243 e. The molecule has 0 aliphatic carbocycles. The molecule has 2 atom stereocenters. The van der Waals surface area contributed by atoms with E-state index in [-0.39, 0.29) is 35.6 Å². The Hall–Kier alpha value is -1.37. The second kappa shape index (κ2) is 9.84. The van der Waals surface area contributed by atoms with E-state index in [9.17, 15) is 9.90 Å². The highest BCUT2D eigenvalue weighted by molar-refractivity contribution is 6.74. The molecular weight excluding hydrogens is 392 g/mol. The van der Waals surface area contributed by atoms with Gasteiger partial charge in [-0.15, -0.1) is 0 Å². The number of carbonyl (C=O) groups excluding carboxylic acids is 1. The van der Waals surface area contributed by atoms with E-state index in [1.165, 1.54) is 11.1 Å². The van der Waals surface area contributed by atoms with Gasteiger partial charge in [0.1, 0.15) is 6.04 Å². The highest BCUT2D eigenvalue weighted by Gasteiger charge is 2.38. The lowest BCUT2D eigenvalue weighted by atomic mass is 9.94. The molecule has 2 N–H and O–H groups in total. The van der Waals surface area contributed by atoms with Crippen LogP contribution in [0.3, 0.4) is 0 Å². The predicted octanol–water partition coefficient (Wildman–Crippen LogP) is 4.14. The number of aliphatic hydroxyl groups is 1. The Morgan fingerprint density at radius 3 is 2.53 bits per heavy atom. The van der Waals surface area contributed by atoms with Crippen LogP contribution in [0.4, 0.5) is 5.69 Å². The molecule has 2 rings (SSSR count). The third kappa shape index (κ3) is 5.86. The van der Waals surface area contributed by atoms with Crippen molar-refractivity contribution in [3.8, 4) is 0 Å². The first kappa shape index (κ1) is 24.9. The number of hydrogen-bond donors (Lipinski definition) is 2. The Bertz CT molecular complexity index is 728. The van der Waals surface area contributed by atoms with E-state index >= 15 is 0 Å². The van der Waals surface area contributed by atoms with Gasteiger partial charge >= 0.3 is 0 Å². The minimum absolute atomic E-state index is 0.0383. The van der Waals surface area contributed by atoms with E-state index in [4.69, 9.17) is 4.43 Å². The largest absolute Gasteiger partial charge is 0.415 e. The zero-order valence-electron chi connectivity index (χ0n) is 20.2. The van der Waals surface area contributed by atoms with E-state index < -0.39 is 8.32 Å². The van der Waals surface area contributed by atoms with Gasteiger partial charge in [0.25, 0.3) is 0 Å². The third-order valence-electron chi connectivity index (χ3n) is 6.73. The van der Waals surface area contributed by atoms with Gasteiger partial charge in [0.2, 0.25) is 5.91 Å². The lowest BCUT2D eigenvalue weighted by molar-refractivity contribution is -0.124. The fraction of sp³-hybridized carbons (Fsp3) is 0.708. The van der Waals surface area contributed by atoms with Crippen LogP contribution in [0.25, 0.3) is 0 Å². The van der Waals surface area contributed by atoms with Gasteiger partial charge in [0.05, 0.1) is 12.6 Å². The average Bonchev–Trinajstić information content (AvgIpc) is 2.63. The van der Waals surface area contributed by atoms with Crippen molar-refractivity contribution in [3.63, 3.8) is 0 Å². The zero-order valence-corrected chi connectivity index (χ0v) is 21.2. The maximum atomic E-state index is 13.2. The molecule has 170 valence electrons. The summed E-state index contributed by atoms with van der Waals surface area (Å²) in [7, 11) is 0.126. The predicted molar refractivity (Wildman–Crippen MR) is 128 cm³/mol. The molecule has 1 amide bonds. The fourth-order valence-electron chi connectivity index (χ4n) is 3.85. The van der Waals surface area contributed by atoms with Crippen molar-refractivity contribution < 1.29 is 14.3 Å². The van der Waals surface area contributed by atoms with Gasteiger partial charge in [0, 0.05) is 19.3 Å². The summed E-state index contributed by atoms with van der Waals surface area (Å²) in [6, 6.07) is 6.27. The van der Waals surface area contributed by atoms with Crippen molar-refractivity contribution in [3.05, 3.63) is 29.3 Å². The minimum atomic E-state index is -1.89. The van der Waals surface area contributed by atoms with Gasteiger partial charge in [-0.2, -0.15) is 0 Å². The molecule has 0 fully saturated rings. The van der Waals surface area contributed by atoms with E-state index in [1.54, 1.807) is 0 Å². The first-order valence-electron chi connectivity index (χ1n) is 11.3. The van der Waals surface area contributed by atoms with E-state index in [0.717, 1.165) is 24.9 Å². The van der Waals surface area contributed by atoms with Gasteiger partial charge in [-0.25, -0.2) is 0 Å². The molecule has 6 heteroatoms. The highest BCUT2D eigenvalue weighted by atomic mass is 28.4. The molecular formula is C24H42N2O3Si. The number of aryl methyl sites for hydroxylation is 1. The topological polar surface area (TPSA) is 61.8 Å². The molecule has 1 aliphatic rings. The molecule has 1 heterocycles. The molecule has 0 saturated carbocycles. The molecule has 0 aromatic heterocycles. The summed E-state index contributed by atoms with van der Waals surface area (Å²) in [5.74, 6) is 0.256. The van der Waals surface area contributed by atoms with Crippen molar-refractivity contribution in [2.75, 3.05) is 25.2 Å². The Morgan fingerprint density at radius 2 is 1.97 bits per heavy atom. The number of hydrogen-bond acceptors (Lipinski definition) is 4. The standard InChI is InChI=1S/C24H42N2O3Si/c1-17(2)22-23(28)25-20(16-29-30(7,8)24(3,4)5)15-19-12-11-18(10-9-13-27)14-21(19)26(22)6/h11-12,14,17,20,22,27H,9-10,13,15-16H2,1-8H3,(H,25,28)/t20-,22-/m0/s1. The Labute approximate surface area is 184 Å². The van der Waals surface area contributed by atoms with Crippen LogP contribution in [0.5, 0.6) is 0 Å². The normalized spacial score (nSPS) is 20.6. The van der Waals surface area contributed by atoms with Crippen molar-refractivity contribution in [2.24, 2.45) is 5.92 Å². The lowest BCUT2D eigenvalue weighted by Gasteiger charge is -2.40. The summed E-state index contributed by atoms with van der Waals surface area (Å²) in [5, 5.41) is 12.6. The summed E-state index contributed by atoms with van der Waals surface area (Å²) in [6.45, 7) is 16.2. The third-order valence-corrected chi connectivity index (χ3v) is 11.2. The number of rotatable bonds is 7. The van der Waals surface area contributed by atoms with E-state index in [1.807, 2.05) is 7.05 Å². The van der Waals surface area contributed by atoms with Gasteiger partial charge in [0.15, 0.2) is 8.32 Å². The van der Waals surface area contributed by atoms with Crippen LogP contribution in [0.2, 0.25) is 18.1 Å². The number of aliphatic hydroxyl groups excluding tert-OH is 1. The first-order chi connectivity index (χ1) is 13.9. The van der Waals surface area contributed by atoms with Gasteiger partial charge < -0.3 is 19.7 Å². The SMILES string of the molecule is CC(C)[C@H]1C(=O)N[C@H](CO[Si](C)(C)C(C)(C)C)Cc2ccc(CCCO)cc2N1C. The Morgan fingerprint density at radius 1 is 1.30 bits per heavy atom. The maximum absolute atomic E-state index is 13.2. The number of likely N-dealkylation sites (N-methyl/N-ethyl adjacent to an activating group) is 1. The molecule has 0 unspecified atom stereocenters. The number of carbonyl (C=O) groups is 1. The summed E-state index contributed by atoms with van der Waals surface area (Å²) >= 11 is 0. The van der Waals surface area contributed by atoms with Crippen molar-refractivity contribution in [1.29, 1.82) is 0 Å². The first-order valence-corrected chi connectivity index (χ1v) is 14.2. The van der Waals surface area contributed by atoms with E-state index in [2.05, 4.69) is 76.1 Å². The second-order valence-corrected chi connectivity index (χ2v) is 15.4. The molecule has 0 radical (unpaired) electrons. The number of amides is 1. The van der Waals surface area contributed by atoms with Gasteiger partial charge in [-0.3, -0.25) is 4.79 Å². The number of benzene rings is 1. The molecule has 0 spiro atoms. The van der Waals surface area contributed by atoms with Crippen LogP contribution in [-0.4, -0.2) is 51.7 Å². The van der Waals surface area contributed by atoms with Crippen molar-refractivity contribution >= 4 is 19.9 Å². The summed E-state index contributed by atoms with van der Waals surface area (Å²) in [6.07, 6.45) is 2.35. The average molecular weight is 435 g/mol. The van der Waals surface area contributed by atoms with Gasteiger partial charge in [-0.05, 0) is 60.5 Å². The summed E-state index contributed by atoms with van der Waals surface area (Å²) < 4.78 is 6.48. The monoisotopic (exact) mass is 434 g/mol. The maximum Gasteiger partial charge on any atom is 0.243 e. The lowest BCUT2D eigenvalue weighted by Crippen LogP contribution is -2.55. The zero-order chi connectivity index (χ0) is 22.7. The highest BCUT2D eigenvalue weighted by Crippen LogP contribution is 2.37. The summed E-state index contributed by atoms with van der Waals surface area (Å²) in [5.41, 5.74) is 3.56. The van der Waals surface area contributed by atoms with Crippen LogP contribution in [0.15, 0.2) is 18.2 Å². The number of fused-ring (bicyclic) bond motifs is 1. The van der Waals surface area contributed by atoms with Crippen LogP contribution < -0.4 is 10.2 Å². The van der Waals surface area contributed by atoms with Crippen molar-refractivity contribution in [1.82, 2.24) is 5.32 Å². The van der Waals surface area contributed by atoms with E-state index in [0.29, 0.717) is 6.61 Å². The minimum Gasteiger partial charge on any atom is -0.415 e. The number of anilines is 1. The Balaban J connectivity index is 2.35. The molecule has 30 heavy (non-hydrogen) atoms. The molecule has 1 aromatic rings. The number of nitrogens with zero attached hydrogens (tertiary/aromatic N) is 1. The van der Waals surface area contributed by atoms with Crippen LogP contribution in [-0.2, 0) is 22.1 Å². The quantitative estimate of drug-likeness (QED) is 0.633. The fourth-order valence-corrected chi connectivity index (χ4v) is 4.90. The Kier molecular flexibility index (Phi) is 8.16. The van der Waals surface area contributed by atoms with Crippen LogP contribution >= 0.6 is 0 Å². The number of nitrogens with one attached hydrogen (secondary N) is 1. The molecule has 5 nitrogen and oxygen atoms in total. The van der Waals surface area contributed by atoms with Crippen LogP contribution in [0.1, 0.15) is 52.2 Å². The summed E-state index contributed by atoms with van der Waals surface area (Å²) in [4.78, 5) is 15.3. The van der Waals surface area contributed by atoms with Gasteiger partial charge in [-0.1, -0.05) is 46.8 Å². The molecule has 1 aliphatic heterocycles. The second-order valence-electron chi connectivity index (χ2n) is 10.6.